The average Bonchev–Trinajstić information content (AvgIpc) is 3.38. The number of H-pyrrole nitrogens is 1. The van der Waals surface area contributed by atoms with E-state index in [0.29, 0.717) is 24.0 Å². The van der Waals surface area contributed by atoms with E-state index in [2.05, 4.69) is 37.3 Å². The van der Waals surface area contributed by atoms with E-state index >= 15 is 0 Å². The maximum atomic E-state index is 14.6. The van der Waals surface area contributed by atoms with E-state index in [1.54, 1.807) is 22.0 Å². The highest BCUT2D eigenvalue weighted by molar-refractivity contribution is 5.89. The van der Waals surface area contributed by atoms with Crippen LogP contribution in [-0.4, -0.2) is 60.8 Å². The molecule has 3 aromatic rings. The summed E-state index contributed by atoms with van der Waals surface area (Å²) in [6.07, 6.45) is 5.73. The first-order chi connectivity index (χ1) is 14.1. The van der Waals surface area contributed by atoms with E-state index in [-0.39, 0.29) is 18.9 Å². The van der Waals surface area contributed by atoms with Crippen LogP contribution in [0.15, 0.2) is 37.3 Å². The number of alkyl halides is 1. The van der Waals surface area contributed by atoms with Crippen LogP contribution in [0.1, 0.15) is 13.3 Å². The number of rotatable bonds is 6. The fraction of sp³-hybridized carbons (Fsp3) is 0.368. The Balaban J connectivity index is 1.59. The standard InChI is InChI=1S/C19H23FN8O/c1-3-16(29)27-8-6-14(20)15(11-27)24-18-13-5-7-21-17(13)25-19(26-18)23-12-9-22-28(4-2)10-12/h3,5,7,9-10,14-15H,1,4,6,8,11H2,2H3,(H3,21,23,24,25,26)/t14-,15+/m1/s1. The number of halogens is 1. The quantitative estimate of drug-likeness (QED) is 0.551. The second-order valence-electron chi connectivity index (χ2n) is 6.89. The molecule has 152 valence electrons. The van der Waals surface area contributed by atoms with Gasteiger partial charge in [-0.05, 0) is 25.5 Å². The molecule has 10 heteroatoms. The van der Waals surface area contributed by atoms with Crippen molar-refractivity contribution in [1.82, 2.24) is 29.6 Å². The average molecular weight is 398 g/mol. The third-order valence-electron chi connectivity index (χ3n) is 4.97. The maximum absolute atomic E-state index is 14.6. The van der Waals surface area contributed by atoms with E-state index in [4.69, 9.17) is 0 Å². The Bertz CT molecular complexity index is 1030. The van der Waals surface area contributed by atoms with Gasteiger partial charge in [-0.25, -0.2) is 4.39 Å². The number of piperidine rings is 1. The molecular formula is C19H23FN8O. The van der Waals surface area contributed by atoms with Crippen LogP contribution in [0.25, 0.3) is 11.0 Å². The number of nitrogens with zero attached hydrogens (tertiary/aromatic N) is 5. The van der Waals surface area contributed by atoms with Crippen molar-refractivity contribution in [2.24, 2.45) is 0 Å². The number of hydrogen-bond acceptors (Lipinski definition) is 6. The van der Waals surface area contributed by atoms with E-state index in [0.717, 1.165) is 17.6 Å². The normalized spacial score (nSPS) is 19.3. The summed E-state index contributed by atoms with van der Waals surface area (Å²) in [5.41, 5.74) is 1.38. The van der Waals surface area contributed by atoms with Crippen LogP contribution < -0.4 is 10.6 Å². The lowest BCUT2D eigenvalue weighted by atomic mass is 10.0. The Morgan fingerprint density at radius 3 is 3.10 bits per heavy atom. The monoisotopic (exact) mass is 398 g/mol. The molecule has 1 saturated heterocycles. The van der Waals surface area contributed by atoms with Gasteiger partial charge in [0.2, 0.25) is 11.9 Å². The first-order valence-corrected chi connectivity index (χ1v) is 9.54. The Morgan fingerprint density at radius 2 is 2.34 bits per heavy atom. The molecule has 0 bridgehead atoms. The van der Waals surface area contributed by atoms with Crippen LogP contribution in [0.4, 0.5) is 21.8 Å². The van der Waals surface area contributed by atoms with Crippen molar-refractivity contribution in [2.45, 2.75) is 32.1 Å². The zero-order valence-corrected chi connectivity index (χ0v) is 16.1. The molecule has 3 N–H and O–H groups in total. The Kier molecular flexibility index (Phi) is 5.15. The van der Waals surface area contributed by atoms with Gasteiger partial charge in [-0.3, -0.25) is 9.48 Å². The van der Waals surface area contributed by atoms with Crippen LogP contribution in [0, 0.1) is 0 Å². The predicted octanol–water partition coefficient (Wildman–Crippen LogP) is 2.45. The Hall–Kier alpha value is -3.43. The number of likely N-dealkylation sites (tertiary alicyclic amines) is 1. The topological polar surface area (TPSA) is 104 Å². The minimum Gasteiger partial charge on any atom is -0.362 e. The molecule has 3 aromatic heterocycles. The molecule has 29 heavy (non-hydrogen) atoms. The molecule has 1 fully saturated rings. The molecule has 1 amide bonds. The van der Waals surface area contributed by atoms with Gasteiger partial charge in [0.05, 0.1) is 23.3 Å². The van der Waals surface area contributed by atoms with Crippen LogP contribution >= 0.6 is 0 Å². The van der Waals surface area contributed by atoms with Gasteiger partial charge in [-0.2, -0.15) is 15.1 Å². The van der Waals surface area contributed by atoms with Gasteiger partial charge >= 0.3 is 0 Å². The molecule has 0 unspecified atom stereocenters. The predicted molar refractivity (Wildman–Crippen MR) is 109 cm³/mol. The van der Waals surface area contributed by atoms with Gasteiger partial charge in [0.15, 0.2) is 0 Å². The minimum absolute atomic E-state index is 0.200. The first kappa shape index (κ1) is 18.9. The van der Waals surface area contributed by atoms with E-state index < -0.39 is 12.2 Å². The van der Waals surface area contributed by atoms with Gasteiger partial charge < -0.3 is 20.5 Å². The first-order valence-electron chi connectivity index (χ1n) is 9.54. The summed E-state index contributed by atoms with van der Waals surface area (Å²) in [4.78, 5) is 25.6. The van der Waals surface area contributed by atoms with Gasteiger partial charge in [0.25, 0.3) is 0 Å². The highest BCUT2D eigenvalue weighted by atomic mass is 19.1. The number of amides is 1. The lowest BCUT2D eigenvalue weighted by Gasteiger charge is -2.35. The van der Waals surface area contributed by atoms with Crippen molar-refractivity contribution in [1.29, 1.82) is 0 Å². The number of nitrogens with one attached hydrogen (secondary N) is 3. The summed E-state index contributed by atoms with van der Waals surface area (Å²) < 4.78 is 16.4. The molecule has 0 spiro atoms. The second kappa shape index (κ2) is 7.90. The molecule has 0 aromatic carbocycles. The number of carbonyl (C=O) groups excluding carboxylic acids is 1. The highest BCUT2D eigenvalue weighted by Crippen LogP contribution is 2.26. The van der Waals surface area contributed by atoms with Crippen LogP contribution in [0.2, 0.25) is 0 Å². The zero-order valence-electron chi connectivity index (χ0n) is 16.1. The molecule has 0 radical (unpaired) electrons. The van der Waals surface area contributed by atoms with E-state index in [9.17, 15) is 9.18 Å². The second-order valence-corrected chi connectivity index (χ2v) is 6.89. The minimum atomic E-state index is -1.09. The molecule has 2 atom stereocenters. The number of aryl methyl sites for hydroxylation is 1. The third kappa shape index (κ3) is 3.91. The largest absolute Gasteiger partial charge is 0.362 e. The molecule has 9 nitrogen and oxygen atoms in total. The molecule has 0 saturated carbocycles. The summed E-state index contributed by atoms with van der Waals surface area (Å²) in [5, 5.41) is 11.3. The van der Waals surface area contributed by atoms with Gasteiger partial charge in [-0.1, -0.05) is 6.58 Å². The molecular weight excluding hydrogens is 375 g/mol. The van der Waals surface area contributed by atoms with Crippen LogP contribution in [0.5, 0.6) is 0 Å². The van der Waals surface area contributed by atoms with Crippen molar-refractivity contribution >= 4 is 34.4 Å². The molecule has 1 aliphatic rings. The fourth-order valence-electron chi connectivity index (χ4n) is 3.40. The number of aromatic nitrogens is 5. The summed E-state index contributed by atoms with van der Waals surface area (Å²) in [6.45, 7) is 6.89. The molecule has 1 aliphatic heterocycles. The number of aromatic amines is 1. The van der Waals surface area contributed by atoms with E-state index in [1.807, 2.05) is 19.2 Å². The van der Waals surface area contributed by atoms with Crippen LogP contribution in [-0.2, 0) is 11.3 Å². The SMILES string of the molecule is C=CC(=O)N1CC[C@@H](F)[C@@H](Nc2nc(Nc3cnn(CC)c3)nc3[nH]ccc23)C1. The highest BCUT2D eigenvalue weighted by Gasteiger charge is 2.31. The van der Waals surface area contributed by atoms with Gasteiger partial charge in [0.1, 0.15) is 17.6 Å². The maximum Gasteiger partial charge on any atom is 0.246 e. The third-order valence-corrected chi connectivity index (χ3v) is 4.97. The Morgan fingerprint density at radius 1 is 1.48 bits per heavy atom. The van der Waals surface area contributed by atoms with Crippen molar-refractivity contribution < 1.29 is 9.18 Å². The van der Waals surface area contributed by atoms with Gasteiger partial charge in [0, 0.05) is 32.0 Å². The van der Waals surface area contributed by atoms with Crippen molar-refractivity contribution in [3.8, 4) is 0 Å². The Labute approximate surface area is 167 Å². The fourth-order valence-corrected chi connectivity index (χ4v) is 3.40. The molecule has 4 rings (SSSR count). The lowest BCUT2D eigenvalue weighted by Crippen LogP contribution is -2.50. The summed E-state index contributed by atoms with van der Waals surface area (Å²) in [7, 11) is 0. The molecule has 0 aliphatic carbocycles. The van der Waals surface area contributed by atoms with E-state index in [1.165, 1.54) is 6.08 Å². The lowest BCUT2D eigenvalue weighted by molar-refractivity contribution is -0.127. The number of hydrogen-bond donors (Lipinski definition) is 3. The summed E-state index contributed by atoms with van der Waals surface area (Å²) in [6, 6.07) is 1.26. The summed E-state index contributed by atoms with van der Waals surface area (Å²) >= 11 is 0. The molecule has 4 heterocycles. The van der Waals surface area contributed by atoms with Crippen molar-refractivity contribution in [3.05, 3.63) is 37.3 Å². The number of fused-ring (bicyclic) bond motifs is 1. The summed E-state index contributed by atoms with van der Waals surface area (Å²) in [5.74, 6) is 0.666. The van der Waals surface area contributed by atoms with Crippen molar-refractivity contribution in [2.75, 3.05) is 23.7 Å². The smallest absolute Gasteiger partial charge is 0.246 e. The zero-order chi connectivity index (χ0) is 20.4. The van der Waals surface area contributed by atoms with Crippen LogP contribution in [0.3, 0.4) is 0 Å². The number of carbonyl (C=O) groups is 1. The number of anilines is 3. The van der Waals surface area contributed by atoms with Gasteiger partial charge in [-0.15, -0.1) is 0 Å². The van der Waals surface area contributed by atoms with Crippen molar-refractivity contribution in [3.63, 3.8) is 0 Å².